The van der Waals surface area contributed by atoms with Gasteiger partial charge in [-0.2, -0.15) is 13.2 Å². The molecule has 0 radical (unpaired) electrons. The number of anilines is 1. The van der Waals surface area contributed by atoms with Gasteiger partial charge < -0.3 is 4.90 Å². The fourth-order valence-electron chi connectivity index (χ4n) is 2.97. The number of aryl methyl sites for hydroxylation is 1. The van der Waals surface area contributed by atoms with E-state index in [1.807, 2.05) is 19.1 Å². The molecule has 0 saturated carbocycles. The van der Waals surface area contributed by atoms with E-state index in [2.05, 4.69) is 0 Å². The normalized spacial score (nSPS) is 14.5. The number of hydrogen-bond acceptors (Lipinski definition) is 2. The SMILES string of the molecule is Cc1ccc(N(CN2CCCC2=O)C(=O)c2ccc(C(F)(F)F)cc2)cc1. The fourth-order valence-corrected chi connectivity index (χ4v) is 2.97. The van der Waals surface area contributed by atoms with Crippen LogP contribution in [-0.4, -0.2) is 29.9 Å². The van der Waals surface area contributed by atoms with Gasteiger partial charge in [-0.1, -0.05) is 17.7 Å². The summed E-state index contributed by atoms with van der Waals surface area (Å²) in [5, 5.41) is 0. The number of carbonyl (C=O) groups excluding carboxylic acids is 2. The maximum absolute atomic E-state index is 13.0. The van der Waals surface area contributed by atoms with Gasteiger partial charge in [-0.05, 0) is 49.7 Å². The number of nitrogens with zero attached hydrogens (tertiary/aromatic N) is 2. The number of alkyl halides is 3. The maximum Gasteiger partial charge on any atom is 0.416 e. The van der Waals surface area contributed by atoms with Crippen LogP contribution in [0.4, 0.5) is 18.9 Å². The van der Waals surface area contributed by atoms with Gasteiger partial charge in [0, 0.05) is 24.2 Å². The Bertz CT molecular complexity index is 830. The van der Waals surface area contributed by atoms with Crippen LogP contribution in [0.15, 0.2) is 48.5 Å². The second-order valence-electron chi connectivity index (χ2n) is 6.55. The van der Waals surface area contributed by atoms with Crippen molar-refractivity contribution >= 4 is 17.5 Å². The molecule has 1 fully saturated rings. The first-order valence-electron chi connectivity index (χ1n) is 8.59. The largest absolute Gasteiger partial charge is 0.416 e. The zero-order chi connectivity index (χ0) is 19.6. The van der Waals surface area contributed by atoms with E-state index in [9.17, 15) is 22.8 Å². The summed E-state index contributed by atoms with van der Waals surface area (Å²) < 4.78 is 38.3. The van der Waals surface area contributed by atoms with Crippen molar-refractivity contribution < 1.29 is 22.8 Å². The third kappa shape index (κ3) is 4.30. The average Bonchev–Trinajstić information content (AvgIpc) is 3.04. The van der Waals surface area contributed by atoms with E-state index < -0.39 is 17.6 Å². The lowest BCUT2D eigenvalue weighted by molar-refractivity contribution is -0.137. The fraction of sp³-hybridized carbons (Fsp3) is 0.300. The molecule has 1 saturated heterocycles. The summed E-state index contributed by atoms with van der Waals surface area (Å²) in [7, 11) is 0. The molecule has 4 nitrogen and oxygen atoms in total. The van der Waals surface area contributed by atoms with E-state index in [1.165, 1.54) is 4.90 Å². The number of hydrogen-bond donors (Lipinski definition) is 0. The Hall–Kier alpha value is -2.83. The summed E-state index contributed by atoms with van der Waals surface area (Å²) in [6.45, 7) is 2.54. The van der Waals surface area contributed by atoms with E-state index in [-0.39, 0.29) is 18.1 Å². The highest BCUT2D eigenvalue weighted by atomic mass is 19.4. The first kappa shape index (κ1) is 18.9. The van der Waals surface area contributed by atoms with Crippen LogP contribution in [0, 0.1) is 6.92 Å². The molecule has 0 aliphatic carbocycles. The van der Waals surface area contributed by atoms with Crippen LogP contribution in [-0.2, 0) is 11.0 Å². The number of carbonyl (C=O) groups is 2. The predicted octanol–water partition coefficient (Wildman–Crippen LogP) is 4.24. The first-order chi connectivity index (χ1) is 12.8. The third-order valence-electron chi connectivity index (χ3n) is 4.53. The monoisotopic (exact) mass is 376 g/mol. The summed E-state index contributed by atoms with van der Waals surface area (Å²) in [6.07, 6.45) is -3.29. The van der Waals surface area contributed by atoms with Crippen LogP contribution in [0.3, 0.4) is 0 Å². The Kier molecular flexibility index (Phi) is 5.21. The molecule has 2 aromatic rings. The molecule has 3 rings (SSSR count). The summed E-state index contributed by atoms with van der Waals surface area (Å²) in [6, 6.07) is 11.3. The minimum atomic E-state index is -4.46. The van der Waals surface area contributed by atoms with Crippen LogP contribution < -0.4 is 4.90 Å². The van der Waals surface area contributed by atoms with E-state index in [4.69, 9.17) is 0 Å². The molecule has 2 amide bonds. The van der Waals surface area contributed by atoms with E-state index in [1.54, 1.807) is 17.0 Å². The van der Waals surface area contributed by atoms with Crippen LogP contribution in [0.25, 0.3) is 0 Å². The molecule has 1 aliphatic heterocycles. The van der Waals surface area contributed by atoms with Crippen LogP contribution in [0.2, 0.25) is 0 Å². The molecule has 1 aliphatic rings. The number of amides is 2. The third-order valence-corrected chi connectivity index (χ3v) is 4.53. The Morgan fingerprint density at radius 2 is 1.70 bits per heavy atom. The standard InChI is InChI=1S/C20H19F3N2O2/c1-14-4-10-17(11-5-14)25(13-24-12-2-3-18(24)26)19(27)15-6-8-16(9-7-15)20(21,22)23/h4-11H,2-3,12-13H2,1H3. The Morgan fingerprint density at radius 1 is 1.07 bits per heavy atom. The van der Waals surface area contributed by atoms with Gasteiger partial charge in [0.1, 0.15) is 6.67 Å². The number of benzene rings is 2. The van der Waals surface area contributed by atoms with Gasteiger partial charge in [-0.15, -0.1) is 0 Å². The summed E-state index contributed by atoms with van der Waals surface area (Å²) in [4.78, 5) is 28.0. The lowest BCUT2D eigenvalue weighted by atomic mass is 10.1. The van der Waals surface area contributed by atoms with Crippen LogP contribution >= 0.6 is 0 Å². The van der Waals surface area contributed by atoms with Crippen LogP contribution in [0.5, 0.6) is 0 Å². The molecule has 7 heteroatoms. The maximum atomic E-state index is 13.0. The van der Waals surface area contributed by atoms with Crippen molar-refractivity contribution in [2.45, 2.75) is 25.9 Å². The summed E-state index contributed by atoms with van der Waals surface area (Å²) >= 11 is 0. The molecular formula is C20H19F3N2O2. The van der Waals surface area contributed by atoms with Gasteiger partial charge >= 0.3 is 6.18 Å². The van der Waals surface area contributed by atoms with E-state index in [0.29, 0.717) is 18.7 Å². The highest BCUT2D eigenvalue weighted by Gasteiger charge is 2.31. The van der Waals surface area contributed by atoms with Crippen molar-refractivity contribution in [3.8, 4) is 0 Å². The molecule has 2 aromatic carbocycles. The van der Waals surface area contributed by atoms with Crippen LogP contribution in [0.1, 0.15) is 34.3 Å². The first-order valence-corrected chi connectivity index (χ1v) is 8.59. The smallest absolute Gasteiger partial charge is 0.324 e. The zero-order valence-corrected chi connectivity index (χ0v) is 14.8. The highest BCUT2D eigenvalue weighted by Crippen LogP contribution is 2.29. The summed E-state index contributed by atoms with van der Waals surface area (Å²) in [5.41, 5.74) is 0.925. The second kappa shape index (κ2) is 7.42. The molecule has 0 aromatic heterocycles. The van der Waals surface area contributed by atoms with Crippen molar-refractivity contribution in [3.05, 3.63) is 65.2 Å². The van der Waals surface area contributed by atoms with Crippen molar-refractivity contribution in [3.63, 3.8) is 0 Å². The van der Waals surface area contributed by atoms with Gasteiger partial charge in [-0.3, -0.25) is 14.5 Å². The number of halogens is 3. The van der Waals surface area contributed by atoms with E-state index in [0.717, 1.165) is 36.2 Å². The van der Waals surface area contributed by atoms with Crippen molar-refractivity contribution in [1.82, 2.24) is 4.90 Å². The molecule has 1 heterocycles. The molecule has 0 N–H and O–H groups in total. The minimum Gasteiger partial charge on any atom is -0.324 e. The molecule has 0 unspecified atom stereocenters. The van der Waals surface area contributed by atoms with Crippen molar-refractivity contribution in [1.29, 1.82) is 0 Å². The van der Waals surface area contributed by atoms with Gasteiger partial charge in [0.2, 0.25) is 5.91 Å². The number of likely N-dealkylation sites (tertiary alicyclic amines) is 1. The van der Waals surface area contributed by atoms with Gasteiger partial charge in [0.05, 0.1) is 5.56 Å². The number of rotatable bonds is 4. The molecular weight excluding hydrogens is 357 g/mol. The molecule has 0 spiro atoms. The quantitative estimate of drug-likeness (QED) is 0.801. The Balaban J connectivity index is 1.90. The molecule has 0 atom stereocenters. The van der Waals surface area contributed by atoms with Crippen molar-refractivity contribution in [2.24, 2.45) is 0 Å². The Labute approximate surface area is 155 Å². The lowest BCUT2D eigenvalue weighted by Gasteiger charge is -2.28. The average molecular weight is 376 g/mol. The van der Waals surface area contributed by atoms with Gasteiger partial charge in [-0.25, -0.2) is 0 Å². The molecule has 142 valence electrons. The van der Waals surface area contributed by atoms with Gasteiger partial charge in [0.15, 0.2) is 0 Å². The van der Waals surface area contributed by atoms with E-state index >= 15 is 0 Å². The minimum absolute atomic E-state index is 0.0349. The zero-order valence-electron chi connectivity index (χ0n) is 14.8. The second-order valence-corrected chi connectivity index (χ2v) is 6.55. The Morgan fingerprint density at radius 3 is 2.22 bits per heavy atom. The lowest BCUT2D eigenvalue weighted by Crippen LogP contribution is -2.42. The predicted molar refractivity (Wildman–Crippen MR) is 95.2 cm³/mol. The molecule has 0 bridgehead atoms. The van der Waals surface area contributed by atoms with Crippen molar-refractivity contribution in [2.75, 3.05) is 18.1 Å². The topological polar surface area (TPSA) is 40.6 Å². The van der Waals surface area contributed by atoms with Gasteiger partial charge in [0.25, 0.3) is 5.91 Å². The summed E-state index contributed by atoms with van der Waals surface area (Å²) in [5.74, 6) is -0.486. The molecule has 27 heavy (non-hydrogen) atoms. The highest BCUT2D eigenvalue weighted by molar-refractivity contribution is 6.06.